The molecule has 4 rings (SSSR count). The molecule has 0 atom stereocenters. The lowest BCUT2D eigenvalue weighted by Crippen LogP contribution is -2.12. The van der Waals surface area contributed by atoms with Crippen molar-refractivity contribution in [2.45, 2.75) is 52.4 Å². The second-order valence-electron chi connectivity index (χ2n) is 10.7. The smallest absolute Gasteiger partial charge is 0.343 e. The van der Waals surface area contributed by atoms with Crippen molar-refractivity contribution in [3.05, 3.63) is 100 Å². The third kappa shape index (κ3) is 4.96. The third-order valence-electron chi connectivity index (χ3n) is 5.91. The summed E-state index contributed by atoms with van der Waals surface area (Å²) in [7, 11) is 0. The van der Waals surface area contributed by atoms with Gasteiger partial charge in [0.25, 0.3) is 0 Å². The van der Waals surface area contributed by atoms with Gasteiger partial charge in [0.1, 0.15) is 11.5 Å². The summed E-state index contributed by atoms with van der Waals surface area (Å²) in [6.07, 6.45) is 1.73. The molecule has 4 heteroatoms. The largest absolute Gasteiger partial charge is 0.452 e. The van der Waals surface area contributed by atoms with Gasteiger partial charge in [0.15, 0.2) is 5.76 Å². The summed E-state index contributed by atoms with van der Waals surface area (Å²) in [4.78, 5) is 25.4. The zero-order chi connectivity index (χ0) is 24.7. The number of allylic oxidation sites excluding steroid dienone is 1. The number of ketones is 1. The fourth-order valence-electron chi connectivity index (χ4n) is 3.73. The van der Waals surface area contributed by atoms with Gasteiger partial charge in [-0.2, -0.15) is 0 Å². The minimum absolute atomic E-state index is 0.00610. The summed E-state index contributed by atoms with van der Waals surface area (Å²) in [5.74, 6) is 0.313. The molecule has 0 N–H and O–H groups in total. The molecule has 1 heterocycles. The zero-order valence-electron chi connectivity index (χ0n) is 20.6. The fraction of sp³-hybridized carbons (Fsp3) is 0.267. The van der Waals surface area contributed by atoms with E-state index in [1.807, 2.05) is 24.3 Å². The molecule has 0 saturated carbocycles. The maximum atomic E-state index is 12.8. The topological polar surface area (TPSA) is 52.6 Å². The van der Waals surface area contributed by atoms with E-state index in [9.17, 15) is 9.59 Å². The molecule has 0 aliphatic carbocycles. The number of benzene rings is 3. The summed E-state index contributed by atoms with van der Waals surface area (Å²) in [6, 6.07) is 20.3. The van der Waals surface area contributed by atoms with Crippen molar-refractivity contribution in [2.75, 3.05) is 0 Å². The van der Waals surface area contributed by atoms with Crippen LogP contribution in [0.2, 0.25) is 0 Å². The molecular weight excluding hydrogens is 424 g/mol. The summed E-state index contributed by atoms with van der Waals surface area (Å²) < 4.78 is 11.4. The lowest BCUT2D eigenvalue weighted by Gasteiger charge is -2.18. The van der Waals surface area contributed by atoms with Gasteiger partial charge < -0.3 is 9.47 Å². The Hall–Kier alpha value is -3.66. The van der Waals surface area contributed by atoms with Crippen LogP contribution in [0.25, 0.3) is 6.08 Å². The van der Waals surface area contributed by atoms with E-state index in [1.165, 1.54) is 5.56 Å². The third-order valence-corrected chi connectivity index (χ3v) is 5.91. The maximum absolute atomic E-state index is 12.8. The van der Waals surface area contributed by atoms with Crippen LogP contribution in [0.1, 0.15) is 78.9 Å². The Morgan fingerprint density at radius 2 is 1.35 bits per heavy atom. The highest BCUT2D eigenvalue weighted by Crippen LogP contribution is 2.35. The van der Waals surface area contributed by atoms with Crippen molar-refractivity contribution in [2.24, 2.45) is 0 Å². The van der Waals surface area contributed by atoms with Crippen LogP contribution in [0.4, 0.5) is 0 Å². The van der Waals surface area contributed by atoms with Crippen molar-refractivity contribution in [1.29, 1.82) is 0 Å². The van der Waals surface area contributed by atoms with Gasteiger partial charge in [-0.3, -0.25) is 4.79 Å². The number of carbonyl (C=O) groups excluding carboxylic acids is 2. The molecule has 34 heavy (non-hydrogen) atoms. The van der Waals surface area contributed by atoms with E-state index >= 15 is 0 Å². The van der Waals surface area contributed by atoms with Gasteiger partial charge in [0, 0.05) is 6.07 Å². The number of fused-ring (bicyclic) bond motifs is 1. The van der Waals surface area contributed by atoms with Crippen molar-refractivity contribution < 1.29 is 19.1 Å². The molecule has 3 aromatic rings. The van der Waals surface area contributed by atoms with Gasteiger partial charge in [0.05, 0.1) is 11.1 Å². The Morgan fingerprint density at radius 3 is 1.91 bits per heavy atom. The molecule has 1 aliphatic heterocycles. The Labute approximate surface area is 201 Å². The molecule has 0 spiro atoms. The predicted molar refractivity (Wildman–Crippen MR) is 135 cm³/mol. The molecule has 0 radical (unpaired) electrons. The molecule has 0 aromatic heterocycles. The van der Waals surface area contributed by atoms with Crippen LogP contribution in [-0.4, -0.2) is 11.8 Å². The van der Waals surface area contributed by atoms with Crippen molar-refractivity contribution in [3.63, 3.8) is 0 Å². The molecule has 0 bridgehead atoms. The van der Waals surface area contributed by atoms with Gasteiger partial charge in [-0.05, 0) is 57.9 Å². The number of hydrogen-bond donors (Lipinski definition) is 0. The molecule has 0 amide bonds. The first-order valence-corrected chi connectivity index (χ1v) is 11.4. The second kappa shape index (κ2) is 8.60. The van der Waals surface area contributed by atoms with Gasteiger partial charge in [-0.1, -0.05) is 77.9 Å². The second-order valence-corrected chi connectivity index (χ2v) is 10.7. The van der Waals surface area contributed by atoms with Crippen LogP contribution in [0.15, 0.2) is 72.5 Å². The Balaban J connectivity index is 1.49. The molecule has 0 fully saturated rings. The molecule has 1 aliphatic rings. The molecule has 4 nitrogen and oxygen atoms in total. The molecule has 174 valence electrons. The van der Waals surface area contributed by atoms with E-state index in [0.717, 1.165) is 11.1 Å². The van der Waals surface area contributed by atoms with E-state index in [2.05, 4.69) is 53.7 Å². The monoisotopic (exact) mass is 454 g/mol. The number of esters is 1. The van der Waals surface area contributed by atoms with Crippen LogP contribution in [0, 0.1) is 0 Å². The lowest BCUT2D eigenvalue weighted by molar-refractivity contribution is 0.0734. The van der Waals surface area contributed by atoms with Gasteiger partial charge >= 0.3 is 5.97 Å². The molecular formula is C30H30O4. The number of Topliss-reactive ketones (excluding diaryl/α,β-unsaturated/α-hetero) is 1. The van der Waals surface area contributed by atoms with Crippen LogP contribution >= 0.6 is 0 Å². The highest BCUT2D eigenvalue weighted by atomic mass is 16.5. The van der Waals surface area contributed by atoms with Crippen LogP contribution < -0.4 is 9.47 Å². The van der Waals surface area contributed by atoms with E-state index in [1.54, 1.807) is 36.4 Å². The lowest BCUT2D eigenvalue weighted by atomic mass is 9.86. The number of ether oxygens (including phenoxy) is 2. The SMILES string of the molecule is CC(C)(C)c1ccc(/C=C2\Oc3cc(OC(=O)c4ccc(C(C)(C)C)cc4)ccc3C2=O)cc1. The number of rotatable bonds is 3. The highest BCUT2D eigenvalue weighted by molar-refractivity contribution is 6.14. The minimum Gasteiger partial charge on any atom is -0.452 e. The Kier molecular flexibility index (Phi) is 5.94. The highest BCUT2D eigenvalue weighted by Gasteiger charge is 2.28. The standard InChI is InChI=1S/C30H30O4/c1-29(2,3)21-11-7-19(8-12-21)17-26-27(31)24-16-15-23(18-25(24)34-26)33-28(32)20-9-13-22(14-10-20)30(4,5)6/h7-18H,1-6H3/b26-17-. The van der Waals surface area contributed by atoms with E-state index in [0.29, 0.717) is 22.6 Å². The van der Waals surface area contributed by atoms with E-state index in [-0.39, 0.29) is 22.4 Å². The normalized spacial score (nSPS) is 14.6. The number of carbonyl (C=O) groups is 2. The average molecular weight is 455 g/mol. The van der Waals surface area contributed by atoms with Crippen LogP contribution in [0.3, 0.4) is 0 Å². The summed E-state index contributed by atoms with van der Waals surface area (Å²) in [5.41, 5.74) is 4.22. The van der Waals surface area contributed by atoms with Crippen molar-refractivity contribution >= 4 is 17.8 Å². The van der Waals surface area contributed by atoms with Crippen LogP contribution in [0.5, 0.6) is 11.5 Å². The molecule has 0 saturated heterocycles. The minimum atomic E-state index is -0.459. The fourth-order valence-corrected chi connectivity index (χ4v) is 3.73. The van der Waals surface area contributed by atoms with E-state index in [4.69, 9.17) is 9.47 Å². The maximum Gasteiger partial charge on any atom is 0.343 e. The van der Waals surface area contributed by atoms with E-state index < -0.39 is 5.97 Å². The molecule has 3 aromatic carbocycles. The summed E-state index contributed by atoms with van der Waals surface area (Å²) >= 11 is 0. The summed E-state index contributed by atoms with van der Waals surface area (Å²) in [6.45, 7) is 12.8. The van der Waals surface area contributed by atoms with Gasteiger partial charge in [-0.15, -0.1) is 0 Å². The Morgan fingerprint density at radius 1 is 0.794 bits per heavy atom. The summed E-state index contributed by atoms with van der Waals surface area (Å²) in [5, 5.41) is 0. The Bertz CT molecular complexity index is 1270. The van der Waals surface area contributed by atoms with Crippen molar-refractivity contribution in [1.82, 2.24) is 0 Å². The van der Waals surface area contributed by atoms with Crippen molar-refractivity contribution in [3.8, 4) is 11.5 Å². The average Bonchev–Trinajstić information content (AvgIpc) is 3.07. The van der Waals surface area contributed by atoms with Gasteiger partial charge in [-0.25, -0.2) is 4.79 Å². The first kappa shape index (κ1) is 23.5. The molecule has 0 unspecified atom stereocenters. The van der Waals surface area contributed by atoms with Gasteiger partial charge in [0.2, 0.25) is 5.78 Å². The first-order valence-electron chi connectivity index (χ1n) is 11.4. The quantitative estimate of drug-likeness (QED) is 0.240. The zero-order valence-corrected chi connectivity index (χ0v) is 20.6. The first-order chi connectivity index (χ1) is 15.9. The number of hydrogen-bond acceptors (Lipinski definition) is 4. The predicted octanol–water partition coefficient (Wildman–Crippen LogP) is 7.12. The van der Waals surface area contributed by atoms with Crippen LogP contribution in [-0.2, 0) is 10.8 Å².